The van der Waals surface area contributed by atoms with Crippen molar-refractivity contribution < 1.29 is 27.9 Å². The second-order valence-corrected chi connectivity index (χ2v) is 4.00. The van der Waals surface area contributed by atoms with Gasteiger partial charge in [0.25, 0.3) is 0 Å². The largest absolute Gasteiger partial charge is 0.480 e. The van der Waals surface area contributed by atoms with Gasteiger partial charge in [0.05, 0.1) is 12.2 Å². The number of aliphatic carboxylic acids is 1. The molecule has 0 bridgehead atoms. The Morgan fingerprint density at radius 1 is 1.50 bits per heavy atom. The minimum atomic E-state index is -4.67. The molecule has 0 aliphatic heterocycles. The molecule has 0 aliphatic rings. The molecule has 0 saturated heterocycles. The normalized spacial score (nSPS) is 11.2. The number of alkyl halides is 3. The first-order valence-corrected chi connectivity index (χ1v) is 5.47. The van der Waals surface area contributed by atoms with Gasteiger partial charge < -0.3 is 15.3 Å². The number of carbonyl (C=O) groups is 2. The van der Waals surface area contributed by atoms with Gasteiger partial charge in [-0.2, -0.15) is 18.3 Å². The maximum atomic E-state index is 12.3. The third kappa shape index (κ3) is 5.59. The number of halogens is 3. The zero-order valence-corrected chi connectivity index (χ0v) is 10.5. The Morgan fingerprint density at radius 3 is 2.60 bits per heavy atom. The molecule has 0 unspecified atom stereocenters. The Hall–Kier alpha value is -2.26. The average Bonchev–Trinajstić information content (AvgIpc) is 2.68. The number of aryl methyl sites for hydroxylation is 1. The Labute approximate surface area is 112 Å². The molecule has 1 rings (SSSR count). The molecule has 0 atom stereocenters. The number of hydrogen-bond acceptors (Lipinski definition) is 3. The molecule has 0 aromatic carbocycles. The highest BCUT2D eigenvalue weighted by molar-refractivity contribution is 5.80. The van der Waals surface area contributed by atoms with E-state index in [9.17, 15) is 22.8 Å². The Bertz CT molecular complexity index is 486. The number of nitrogens with zero attached hydrogens (tertiary/aromatic N) is 3. The van der Waals surface area contributed by atoms with E-state index >= 15 is 0 Å². The fourth-order valence-corrected chi connectivity index (χ4v) is 1.41. The van der Waals surface area contributed by atoms with E-state index in [-0.39, 0.29) is 11.4 Å². The minimum absolute atomic E-state index is 0.0896. The second kappa shape index (κ2) is 6.26. The summed E-state index contributed by atoms with van der Waals surface area (Å²) in [7, 11) is 1.64. The second-order valence-electron chi connectivity index (χ2n) is 4.00. The van der Waals surface area contributed by atoms with Gasteiger partial charge in [-0.3, -0.25) is 9.48 Å². The third-order valence-electron chi connectivity index (χ3n) is 2.17. The van der Waals surface area contributed by atoms with Gasteiger partial charge in [0, 0.05) is 13.2 Å². The first kappa shape index (κ1) is 15.8. The van der Waals surface area contributed by atoms with Crippen LogP contribution in [0.1, 0.15) is 5.69 Å². The molecule has 1 heterocycles. The highest BCUT2D eigenvalue weighted by atomic mass is 19.4. The van der Waals surface area contributed by atoms with Crippen molar-refractivity contribution >= 4 is 12.0 Å². The van der Waals surface area contributed by atoms with Gasteiger partial charge in [0.1, 0.15) is 13.1 Å². The summed E-state index contributed by atoms with van der Waals surface area (Å²) in [6.45, 7) is -2.76. The Kier molecular flexibility index (Phi) is 4.94. The van der Waals surface area contributed by atoms with Crippen molar-refractivity contribution in [3.05, 3.63) is 18.0 Å². The van der Waals surface area contributed by atoms with Crippen molar-refractivity contribution in [2.24, 2.45) is 7.05 Å². The summed E-state index contributed by atoms with van der Waals surface area (Å²) in [5.41, 5.74) is 0.447. The number of urea groups is 1. The van der Waals surface area contributed by atoms with E-state index in [4.69, 9.17) is 5.11 Å². The van der Waals surface area contributed by atoms with Gasteiger partial charge in [-0.05, 0) is 6.07 Å². The summed E-state index contributed by atoms with van der Waals surface area (Å²) < 4.78 is 38.2. The zero-order chi connectivity index (χ0) is 15.3. The summed E-state index contributed by atoms with van der Waals surface area (Å²) in [5.74, 6) is -1.53. The lowest BCUT2D eigenvalue weighted by Crippen LogP contribution is -2.46. The van der Waals surface area contributed by atoms with Crippen LogP contribution in [0.25, 0.3) is 0 Å². The first-order chi connectivity index (χ1) is 9.17. The Morgan fingerprint density at radius 2 is 2.15 bits per heavy atom. The molecule has 0 aliphatic carbocycles. The van der Waals surface area contributed by atoms with Crippen LogP contribution in [0.5, 0.6) is 0 Å². The van der Waals surface area contributed by atoms with Gasteiger partial charge >= 0.3 is 18.2 Å². The fourth-order valence-electron chi connectivity index (χ4n) is 1.41. The number of carboxylic acid groups (broad SMARTS) is 1. The molecule has 1 aromatic heterocycles. The topological polar surface area (TPSA) is 87.5 Å². The van der Waals surface area contributed by atoms with Crippen LogP contribution >= 0.6 is 0 Å². The number of carboxylic acids is 1. The first-order valence-electron chi connectivity index (χ1n) is 5.47. The minimum Gasteiger partial charge on any atom is -0.480 e. The van der Waals surface area contributed by atoms with Crippen LogP contribution in [0.3, 0.4) is 0 Å². The van der Waals surface area contributed by atoms with Crippen molar-refractivity contribution in [1.29, 1.82) is 0 Å². The summed E-state index contributed by atoms with van der Waals surface area (Å²) in [5, 5.41) is 14.6. The van der Waals surface area contributed by atoms with E-state index in [1.165, 1.54) is 4.68 Å². The van der Waals surface area contributed by atoms with Gasteiger partial charge in [0.2, 0.25) is 0 Å². The monoisotopic (exact) mass is 294 g/mol. The lowest BCUT2D eigenvalue weighted by Gasteiger charge is -2.22. The van der Waals surface area contributed by atoms with Gasteiger partial charge in [0.15, 0.2) is 0 Å². The maximum absolute atomic E-state index is 12.3. The van der Waals surface area contributed by atoms with Crippen LogP contribution in [0.15, 0.2) is 12.3 Å². The molecular weight excluding hydrogens is 281 g/mol. The number of hydrogen-bond donors (Lipinski definition) is 2. The van der Waals surface area contributed by atoms with E-state index in [1.54, 1.807) is 19.3 Å². The van der Waals surface area contributed by atoms with E-state index in [0.717, 1.165) is 0 Å². The quantitative estimate of drug-likeness (QED) is 0.831. The van der Waals surface area contributed by atoms with E-state index < -0.39 is 31.3 Å². The lowest BCUT2D eigenvalue weighted by molar-refractivity contribution is -0.148. The van der Waals surface area contributed by atoms with Gasteiger partial charge in [-0.15, -0.1) is 0 Å². The van der Waals surface area contributed by atoms with Crippen LogP contribution in [-0.4, -0.2) is 51.1 Å². The van der Waals surface area contributed by atoms with E-state index in [1.807, 2.05) is 0 Å². The van der Waals surface area contributed by atoms with E-state index in [2.05, 4.69) is 10.4 Å². The molecule has 0 spiro atoms. The average molecular weight is 294 g/mol. The molecule has 0 radical (unpaired) electrons. The summed E-state index contributed by atoms with van der Waals surface area (Å²) in [6, 6.07) is 0.460. The Balaban J connectivity index is 2.60. The van der Waals surface area contributed by atoms with Crippen LogP contribution in [0.2, 0.25) is 0 Å². The molecule has 112 valence electrons. The van der Waals surface area contributed by atoms with Crippen LogP contribution in [0.4, 0.5) is 18.0 Å². The molecule has 0 fully saturated rings. The number of nitrogens with one attached hydrogen (secondary N) is 1. The van der Waals surface area contributed by atoms with Crippen molar-refractivity contribution in [3.63, 3.8) is 0 Å². The van der Waals surface area contributed by atoms with Crippen molar-refractivity contribution in [1.82, 2.24) is 20.0 Å². The maximum Gasteiger partial charge on any atom is 0.406 e. The third-order valence-corrected chi connectivity index (χ3v) is 2.17. The highest BCUT2D eigenvalue weighted by Crippen LogP contribution is 2.16. The van der Waals surface area contributed by atoms with Crippen LogP contribution in [0, 0.1) is 0 Å². The smallest absolute Gasteiger partial charge is 0.406 e. The number of amides is 2. The fraction of sp³-hybridized carbons (Fsp3) is 0.500. The predicted octanol–water partition coefficient (Wildman–Crippen LogP) is 0.579. The van der Waals surface area contributed by atoms with Crippen LogP contribution in [-0.2, 0) is 18.4 Å². The molecule has 10 heteroatoms. The predicted molar refractivity (Wildman–Crippen MR) is 60.7 cm³/mol. The standard InChI is InChI=1S/C10H13F3N4O3/c1-16-3-2-7(15-16)4-14-9(20)17(5-8(18)19)6-10(11,12)13/h2-3H,4-6H2,1H3,(H,14,20)(H,18,19). The van der Waals surface area contributed by atoms with Crippen molar-refractivity contribution in [2.75, 3.05) is 13.1 Å². The molecular formula is C10H13F3N4O3. The molecule has 2 N–H and O–H groups in total. The highest BCUT2D eigenvalue weighted by Gasteiger charge is 2.33. The summed E-state index contributed by atoms with van der Waals surface area (Å²) in [4.78, 5) is 22.2. The number of rotatable bonds is 5. The van der Waals surface area contributed by atoms with Gasteiger partial charge in [-0.1, -0.05) is 0 Å². The number of aromatic nitrogens is 2. The molecule has 1 aromatic rings. The van der Waals surface area contributed by atoms with Crippen molar-refractivity contribution in [3.8, 4) is 0 Å². The van der Waals surface area contributed by atoms with Gasteiger partial charge in [-0.25, -0.2) is 4.79 Å². The summed E-state index contributed by atoms with van der Waals surface area (Å²) >= 11 is 0. The van der Waals surface area contributed by atoms with E-state index in [0.29, 0.717) is 5.69 Å². The van der Waals surface area contributed by atoms with Crippen molar-refractivity contribution in [2.45, 2.75) is 12.7 Å². The van der Waals surface area contributed by atoms with Crippen LogP contribution < -0.4 is 5.32 Å². The zero-order valence-electron chi connectivity index (χ0n) is 10.5. The SMILES string of the molecule is Cn1ccc(CNC(=O)N(CC(=O)O)CC(F)(F)F)n1. The molecule has 0 saturated carbocycles. The molecule has 7 nitrogen and oxygen atoms in total. The number of carbonyl (C=O) groups excluding carboxylic acids is 1. The molecule has 20 heavy (non-hydrogen) atoms. The molecule has 2 amide bonds. The summed E-state index contributed by atoms with van der Waals surface area (Å²) in [6.07, 6.45) is -3.07. The lowest BCUT2D eigenvalue weighted by atomic mass is 10.4.